The van der Waals surface area contributed by atoms with Crippen LogP contribution in [0.2, 0.25) is 0 Å². The Morgan fingerprint density at radius 2 is 0.915 bits per heavy atom. The normalized spacial score (nSPS) is 30.1. The number of ether oxygens (including phenoxy) is 11. The predicted octanol–water partition coefficient (Wildman–Crippen LogP) is -0.191. The smallest absolute Gasteiger partial charge is 0.305 e. The molecule has 0 radical (unpaired) electrons. The van der Waals surface area contributed by atoms with Gasteiger partial charge in [0.2, 0.25) is 12.4 Å². The van der Waals surface area contributed by atoms with Crippen LogP contribution in [0.3, 0.4) is 0 Å². The summed E-state index contributed by atoms with van der Waals surface area (Å²) in [7, 11) is 0. The van der Waals surface area contributed by atoms with Gasteiger partial charge in [0.05, 0.1) is 6.61 Å². The van der Waals surface area contributed by atoms with Crippen LogP contribution in [0.25, 0.3) is 0 Å². The van der Waals surface area contributed by atoms with Gasteiger partial charge in [-0.05, 0) is 0 Å². The van der Waals surface area contributed by atoms with Crippen LogP contribution < -0.4 is 0 Å². The van der Waals surface area contributed by atoms with Gasteiger partial charge in [-0.2, -0.15) is 0 Å². The van der Waals surface area contributed by atoms with Crippen LogP contribution in [0.15, 0.2) is 12.7 Å². The van der Waals surface area contributed by atoms with E-state index in [1.807, 2.05) is 0 Å². The van der Waals surface area contributed by atoms with Gasteiger partial charge >= 0.3 is 41.8 Å². The van der Waals surface area contributed by atoms with Crippen molar-refractivity contribution in [3.8, 4) is 0 Å². The number of rotatable bonds is 14. The summed E-state index contributed by atoms with van der Waals surface area (Å²) in [4.78, 5) is 84.2. The van der Waals surface area contributed by atoms with Crippen molar-refractivity contribution in [2.24, 2.45) is 0 Å². The van der Waals surface area contributed by atoms with Crippen LogP contribution in [0.5, 0.6) is 0 Å². The average molecular weight is 677 g/mol. The third-order valence-electron chi connectivity index (χ3n) is 6.27. The van der Waals surface area contributed by atoms with Gasteiger partial charge in [0.25, 0.3) is 0 Å². The second-order valence-corrected chi connectivity index (χ2v) is 10.3. The minimum Gasteiger partial charge on any atom is -0.463 e. The molecule has 1 unspecified atom stereocenters. The van der Waals surface area contributed by atoms with Gasteiger partial charge in [-0.25, -0.2) is 0 Å². The summed E-state index contributed by atoms with van der Waals surface area (Å²) in [6, 6.07) is 0. The lowest BCUT2D eigenvalue weighted by atomic mass is 9.96. The first kappa shape index (κ1) is 39.1. The fraction of sp³-hybridized carbons (Fsp3) is 0.690. The Morgan fingerprint density at radius 1 is 0.511 bits per heavy atom. The molecule has 47 heavy (non-hydrogen) atoms. The maximum absolute atomic E-state index is 12.3. The quantitative estimate of drug-likeness (QED) is 0.132. The van der Waals surface area contributed by atoms with Gasteiger partial charge in [0.1, 0.15) is 37.6 Å². The summed E-state index contributed by atoms with van der Waals surface area (Å²) in [5, 5.41) is 0. The Hall–Kier alpha value is -4.13. The van der Waals surface area contributed by atoms with Gasteiger partial charge in [-0.3, -0.25) is 33.6 Å². The highest BCUT2D eigenvalue weighted by atomic mass is 16.8. The minimum absolute atomic E-state index is 0.178. The van der Waals surface area contributed by atoms with Gasteiger partial charge in [0, 0.05) is 48.5 Å². The molecular formula is C29H40O18. The molecule has 0 aliphatic carbocycles. The lowest BCUT2D eigenvalue weighted by Gasteiger charge is -2.48. The Labute approximate surface area is 270 Å². The van der Waals surface area contributed by atoms with Gasteiger partial charge in [0.15, 0.2) is 24.6 Å². The number of carbonyl (C=O) groups is 7. The topological polar surface area (TPSA) is 221 Å². The average Bonchev–Trinajstić information content (AvgIpc) is 2.93. The molecule has 0 aromatic carbocycles. The number of carbonyl (C=O) groups excluding carboxylic acids is 7. The summed E-state index contributed by atoms with van der Waals surface area (Å²) < 4.78 is 61.3. The van der Waals surface area contributed by atoms with Crippen molar-refractivity contribution in [1.82, 2.24) is 0 Å². The van der Waals surface area contributed by atoms with E-state index < -0.39 is 116 Å². The van der Waals surface area contributed by atoms with Crippen molar-refractivity contribution in [2.75, 3.05) is 19.8 Å². The highest BCUT2D eigenvalue weighted by Gasteiger charge is 2.57. The first-order valence-corrected chi connectivity index (χ1v) is 14.4. The monoisotopic (exact) mass is 676 g/mol. The standard InChI is InChI=1S/C29H40O18/c1-9-10-37-26-24(41-16(5)33)22(40-15(4)32)20(11-38-13(2)30)45-28(26)47-23-21(12-39-14(3)31)46-29(44-19(8)36)27(43-18(7)35)25(23)42-17(6)34/h9,20-29H,1,10-12H2,2-8H3/t20-,21-,22+,23-,24+,25+,26-,27-,28+,29?/m1/s1. The molecule has 0 saturated carbocycles. The number of esters is 7. The molecule has 2 aliphatic rings. The van der Waals surface area contributed by atoms with E-state index in [1.165, 1.54) is 6.08 Å². The highest BCUT2D eigenvalue weighted by Crippen LogP contribution is 2.35. The number of hydrogen-bond acceptors (Lipinski definition) is 18. The zero-order valence-corrected chi connectivity index (χ0v) is 27.0. The van der Waals surface area contributed by atoms with Crippen LogP contribution >= 0.6 is 0 Å². The fourth-order valence-corrected chi connectivity index (χ4v) is 4.77. The van der Waals surface area contributed by atoms with Gasteiger partial charge in [-0.15, -0.1) is 6.58 Å². The SMILES string of the molecule is C=CCO[C@H]1[C@H](O[C@H]2[C@H](OC(C)=O)[C@@H](OC(C)=O)C(OC(C)=O)O[C@@H]2COC(C)=O)O[C@H](COC(C)=O)[C@H](OC(C)=O)[C@@H]1OC(C)=O. The van der Waals surface area contributed by atoms with Crippen LogP contribution in [0.1, 0.15) is 48.5 Å². The molecule has 0 bridgehead atoms. The molecule has 2 saturated heterocycles. The van der Waals surface area contributed by atoms with Crippen LogP contribution in [0.4, 0.5) is 0 Å². The molecule has 0 amide bonds. The fourth-order valence-electron chi connectivity index (χ4n) is 4.77. The van der Waals surface area contributed by atoms with E-state index in [0.717, 1.165) is 48.5 Å². The third kappa shape index (κ3) is 12.2. The third-order valence-corrected chi connectivity index (χ3v) is 6.27. The lowest BCUT2D eigenvalue weighted by molar-refractivity contribution is -0.360. The maximum Gasteiger partial charge on any atom is 0.305 e. The molecule has 10 atom stereocenters. The highest BCUT2D eigenvalue weighted by molar-refractivity contribution is 5.69. The molecule has 2 aliphatic heterocycles. The molecule has 2 heterocycles. The van der Waals surface area contributed by atoms with E-state index in [1.54, 1.807) is 0 Å². The van der Waals surface area contributed by atoms with Gasteiger partial charge < -0.3 is 52.1 Å². The molecule has 0 aromatic rings. The molecule has 0 N–H and O–H groups in total. The molecule has 18 nitrogen and oxygen atoms in total. The predicted molar refractivity (Wildman–Crippen MR) is 149 cm³/mol. The van der Waals surface area contributed by atoms with Crippen molar-refractivity contribution in [3.63, 3.8) is 0 Å². The van der Waals surface area contributed by atoms with E-state index in [-0.39, 0.29) is 6.61 Å². The molecule has 0 spiro atoms. The van der Waals surface area contributed by atoms with Crippen molar-refractivity contribution in [3.05, 3.63) is 12.7 Å². The summed E-state index contributed by atoms with van der Waals surface area (Å²) in [6.07, 6.45) is -13.7. The summed E-state index contributed by atoms with van der Waals surface area (Å²) in [5.74, 6) is -5.72. The van der Waals surface area contributed by atoms with Crippen LogP contribution in [-0.2, 0) is 85.7 Å². The van der Waals surface area contributed by atoms with E-state index in [2.05, 4.69) is 6.58 Å². The minimum atomic E-state index is -1.67. The van der Waals surface area contributed by atoms with Crippen molar-refractivity contribution in [1.29, 1.82) is 0 Å². The van der Waals surface area contributed by atoms with E-state index in [9.17, 15) is 33.6 Å². The zero-order chi connectivity index (χ0) is 35.4. The molecule has 2 rings (SSSR count). The van der Waals surface area contributed by atoms with Crippen LogP contribution in [-0.4, -0.2) is 123 Å². The van der Waals surface area contributed by atoms with Gasteiger partial charge in [-0.1, -0.05) is 6.08 Å². The molecule has 264 valence electrons. The molecule has 2 fully saturated rings. The largest absolute Gasteiger partial charge is 0.463 e. The first-order valence-electron chi connectivity index (χ1n) is 14.4. The lowest BCUT2D eigenvalue weighted by Crippen LogP contribution is -2.67. The maximum atomic E-state index is 12.3. The molecular weight excluding hydrogens is 636 g/mol. The second kappa shape index (κ2) is 18.3. The Bertz CT molecular complexity index is 1170. The van der Waals surface area contributed by atoms with Crippen molar-refractivity contribution in [2.45, 2.75) is 110 Å². The zero-order valence-electron chi connectivity index (χ0n) is 27.0. The Morgan fingerprint density at radius 3 is 1.36 bits per heavy atom. The van der Waals surface area contributed by atoms with E-state index >= 15 is 0 Å². The van der Waals surface area contributed by atoms with Crippen LogP contribution in [0, 0.1) is 0 Å². The summed E-state index contributed by atoms with van der Waals surface area (Å²) in [6.45, 7) is 9.87. The Balaban J connectivity index is 2.71. The second-order valence-electron chi connectivity index (χ2n) is 10.3. The molecule has 18 heteroatoms. The summed E-state index contributed by atoms with van der Waals surface area (Å²) >= 11 is 0. The number of hydrogen-bond donors (Lipinski definition) is 0. The van der Waals surface area contributed by atoms with E-state index in [4.69, 9.17) is 52.1 Å². The van der Waals surface area contributed by atoms with Crippen molar-refractivity contribution < 1.29 is 85.7 Å². The van der Waals surface area contributed by atoms with E-state index in [0.29, 0.717) is 0 Å². The van der Waals surface area contributed by atoms with Crippen molar-refractivity contribution >= 4 is 41.8 Å². The first-order chi connectivity index (χ1) is 22.0. The Kier molecular flexibility index (Phi) is 15.2. The molecule has 0 aromatic heterocycles. The summed E-state index contributed by atoms with van der Waals surface area (Å²) in [5.41, 5.74) is 0.